The number of aromatic nitrogens is 4. The highest BCUT2D eigenvalue weighted by Gasteiger charge is 2.35. The van der Waals surface area contributed by atoms with E-state index in [0.29, 0.717) is 5.82 Å². The van der Waals surface area contributed by atoms with Crippen LogP contribution in [0.4, 0.5) is 0 Å². The Labute approximate surface area is 302 Å². The van der Waals surface area contributed by atoms with Gasteiger partial charge in [-0.15, -0.1) is 0 Å². The molecule has 3 aromatic heterocycles. The molecule has 0 fully saturated rings. The lowest BCUT2D eigenvalue weighted by molar-refractivity contribution is 0.660. The van der Waals surface area contributed by atoms with Crippen molar-refractivity contribution in [1.29, 1.82) is 0 Å². The number of fused-ring (bicyclic) bond motifs is 6. The van der Waals surface area contributed by atoms with Crippen LogP contribution in [0.1, 0.15) is 25.0 Å². The fraction of sp³-hybridized carbons (Fsp3) is 0.0625. The molecule has 4 nitrogen and oxygen atoms in total. The number of hydrogen-bond acceptors (Lipinski definition) is 3. The lowest BCUT2D eigenvalue weighted by Gasteiger charge is -2.22. The summed E-state index contributed by atoms with van der Waals surface area (Å²) in [6.45, 7) is 4.68. The van der Waals surface area contributed by atoms with E-state index in [0.717, 1.165) is 39.5 Å². The van der Waals surface area contributed by atoms with Crippen LogP contribution in [0.2, 0.25) is 0 Å². The second-order valence-corrected chi connectivity index (χ2v) is 14.1. The first-order chi connectivity index (χ1) is 25.5. The molecule has 6 aromatic carbocycles. The van der Waals surface area contributed by atoms with E-state index in [1.54, 1.807) is 0 Å². The highest BCUT2D eigenvalue weighted by Crippen LogP contribution is 2.50. The van der Waals surface area contributed by atoms with E-state index in [1.807, 2.05) is 42.6 Å². The quantitative estimate of drug-likeness (QED) is 0.184. The van der Waals surface area contributed by atoms with Crippen molar-refractivity contribution in [3.8, 4) is 62.0 Å². The van der Waals surface area contributed by atoms with Crippen LogP contribution in [0, 0.1) is 0 Å². The number of hydrogen-bond donors (Lipinski definition) is 0. The van der Waals surface area contributed by atoms with Gasteiger partial charge in [-0.05, 0) is 88.0 Å². The van der Waals surface area contributed by atoms with Crippen molar-refractivity contribution in [2.45, 2.75) is 19.3 Å². The fourth-order valence-electron chi connectivity index (χ4n) is 8.10. The lowest BCUT2D eigenvalue weighted by atomic mass is 9.81. The Morgan fingerprint density at radius 3 is 1.87 bits per heavy atom. The van der Waals surface area contributed by atoms with E-state index < -0.39 is 0 Å². The molecule has 246 valence electrons. The molecular formula is C48H34N4. The van der Waals surface area contributed by atoms with Crippen molar-refractivity contribution in [2.75, 3.05) is 0 Å². The highest BCUT2D eigenvalue weighted by molar-refractivity contribution is 6.09. The van der Waals surface area contributed by atoms with E-state index in [9.17, 15) is 0 Å². The van der Waals surface area contributed by atoms with Gasteiger partial charge in [-0.1, -0.05) is 123 Å². The Hall–Kier alpha value is -6.65. The van der Waals surface area contributed by atoms with Gasteiger partial charge in [0.2, 0.25) is 0 Å². The standard InChI is InChI=1S/C48H34N4/c1-48(2)40-19-9-6-16-36(40)37-24-23-32(29-41(37)48)33-26-34(28-35(27-33)52-45-21-10-7-17-38(45)39-18-8-11-22-46(39)52)43-30-44(42-20-12-13-25-49-42)51-47(50-43)31-14-4-3-5-15-31/h3-30H,1-2H3. The largest absolute Gasteiger partial charge is 0.309 e. The number of pyridine rings is 1. The minimum atomic E-state index is -0.107. The van der Waals surface area contributed by atoms with Crippen molar-refractivity contribution in [2.24, 2.45) is 0 Å². The van der Waals surface area contributed by atoms with Gasteiger partial charge in [0.1, 0.15) is 0 Å². The minimum absolute atomic E-state index is 0.107. The summed E-state index contributed by atoms with van der Waals surface area (Å²) in [6.07, 6.45) is 1.81. The Morgan fingerprint density at radius 1 is 0.442 bits per heavy atom. The zero-order valence-electron chi connectivity index (χ0n) is 29.0. The van der Waals surface area contributed by atoms with Gasteiger partial charge in [0.05, 0.1) is 28.1 Å². The molecule has 0 bridgehead atoms. The molecule has 3 heterocycles. The molecule has 0 amide bonds. The molecule has 52 heavy (non-hydrogen) atoms. The summed E-state index contributed by atoms with van der Waals surface area (Å²) in [6, 6.07) is 58.3. The third-order valence-corrected chi connectivity index (χ3v) is 10.7. The molecule has 1 aliphatic carbocycles. The average Bonchev–Trinajstić information content (AvgIpc) is 3.66. The topological polar surface area (TPSA) is 43.6 Å². The van der Waals surface area contributed by atoms with Crippen molar-refractivity contribution < 1.29 is 0 Å². The molecule has 0 aliphatic heterocycles. The van der Waals surface area contributed by atoms with Crippen LogP contribution in [-0.2, 0) is 5.41 Å². The Bertz CT molecular complexity index is 2700. The van der Waals surface area contributed by atoms with E-state index in [-0.39, 0.29) is 5.41 Å². The number of para-hydroxylation sites is 2. The number of rotatable bonds is 5. The molecule has 0 spiro atoms. The predicted octanol–water partition coefficient (Wildman–Crippen LogP) is 11.9. The molecule has 0 unspecified atom stereocenters. The molecule has 0 N–H and O–H groups in total. The van der Waals surface area contributed by atoms with Crippen LogP contribution in [0.15, 0.2) is 170 Å². The highest BCUT2D eigenvalue weighted by atomic mass is 15.0. The molecule has 0 atom stereocenters. The van der Waals surface area contributed by atoms with Crippen LogP contribution in [0.25, 0.3) is 83.8 Å². The van der Waals surface area contributed by atoms with E-state index >= 15 is 0 Å². The zero-order valence-corrected chi connectivity index (χ0v) is 29.0. The lowest BCUT2D eigenvalue weighted by Crippen LogP contribution is -2.14. The molecule has 0 saturated heterocycles. The average molecular weight is 667 g/mol. The summed E-state index contributed by atoms with van der Waals surface area (Å²) in [7, 11) is 0. The normalized spacial score (nSPS) is 13.0. The van der Waals surface area contributed by atoms with Crippen LogP contribution >= 0.6 is 0 Å². The second kappa shape index (κ2) is 11.7. The van der Waals surface area contributed by atoms with E-state index in [2.05, 4.69) is 151 Å². The summed E-state index contributed by atoms with van der Waals surface area (Å²) in [4.78, 5) is 15.0. The minimum Gasteiger partial charge on any atom is -0.309 e. The van der Waals surface area contributed by atoms with Gasteiger partial charge in [0.25, 0.3) is 0 Å². The van der Waals surface area contributed by atoms with Crippen LogP contribution < -0.4 is 0 Å². The van der Waals surface area contributed by atoms with Gasteiger partial charge in [0, 0.05) is 39.2 Å². The predicted molar refractivity (Wildman–Crippen MR) is 213 cm³/mol. The third-order valence-electron chi connectivity index (χ3n) is 10.7. The van der Waals surface area contributed by atoms with Crippen LogP contribution in [-0.4, -0.2) is 19.5 Å². The van der Waals surface area contributed by atoms with Gasteiger partial charge in [-0.3, -0.25) is 4.98 Å². The first-order valence-corrected chi connectivity index (χ1v) is 17.8. The summed E-state index contributed by atoms with van der Waals surface area (Å²) < 4.78 is 2.39. The SMILES string of the molecule is CC1(C)c2ccccc2-c2ccc(-c3cc(-c4cc(-c5ccccn5)nc(-c5ccccc5)n4)cc(-n4c5ccccc5c5ccccc54)c3)cc21. The molecule has 4 heteroatoms. The van der Waals surface area contributed by atoms with Crippen LogP contribution in [0.3, 0.4) is 0 Å². The Balaban J connectivity index is 1.24. The van der Waals surface area contributed by atoms with Crippen molar-refractivity contribution in [3.63, 3.8) is 0 Å². The van der Waals surface area contributed by atoms with Gasteiger partial charge in [-0.2, -0.15) is 0 Å². The smallest absolute Gasteiger partial charge is 0.160 e. The molecule has 10 rings (SSSR count). The van der Waals surface area contributed by atoms with Gasteiger partial charge in [-0.25, -0.2) is 9.97 Å². The maximum absolute atomic E-state index is 5.24. The molecule has 0 radical (unpaired) electrons. The Morgan fingerprint density at radius 2 is 1.10 bits per heavy atom. The Kier molecular flexibility index (Phi) is 6.80. The van der Waals surface area contributed by atoms with Gasteiger partial charge < -0.3 is 4.57 Å². The first-order valence-electron chi connectivity index (χ1n) is 17.8. The first kappa shape index (κ1) is 30.2. The molecule has 0 saturated carbocycles. The maximum Gasteiger partial charge on any atom is 0.160 e. The summed E-state index contributed by atoms with van der Waals surface area (Å²) in [5, 5.41) is 2.46. The maximum atomic E-state index is 5.24. The number of nitrogens with zero attached hydrogens (tertiary/aromatic N) is 4. The molecule has 1 aliphatic rings. The number of benzene rings is 6. The van der Waals surface area contributed by atoms with E-state index in [1.165, 1.54) is 49.6 Å². The van der Waals surface area contributed by atoms with E-state index in [4.69, 9.17) is 9.97 Å². The van der Waals surface area contributed by atoms with Crippen molar-refractivity contribution in [1.82, 2.24) is 19.5 Å². The zero-order chi connectivity index (χ0) is 34.8. The third kappa shape index (κ3) is 4.79. The van der Waals surface area contributed by atoms with Crippen molar-refractivity contribution >= 4 is 21.8 Å². The van der Waals surface area contributed by atoms with Crippen LogP contribution in [0.5, 0.6) is 0 Å². The molecular weight excluding hydrogens is 633 g/mol. The monoisotopic (exact) mass is 666 g/mol. The second-order valence-electron chi connectivity index (χ2n) is 14.1. The fourth-order valence-corrected chi connectivity index (χ4v) is 8.10. The van der Waals surface area contributed by atoms with Gasteiger partial charge in [0.15, 0.2) is 5.82 Å². The van der Waals surface area contributed by atoms with Gasteiger partial charge >= 0.3 is 0 Å². The summed E-state index contributed by atoms with van der Waals surface area (Å²) in [5.74, 6) is 0.666. The summed E-state index contributed by atoms with van der Waals surface area (Å²) in [5.41, 5.74) is 15.4. The summed E-state index contributed by atoms with van der Waals surface area (Å²) >= 11 is 0. The van der Waals surface area contributed by atoms with Crippen molar-refractivity contribution in [3.05, 3.63) is 181 Å². The molecule has 9 aromatic rings.